The van der Waals surface area contributed by atoms with Crippen molar-refractivity contribution in [3.8, 4) is 0 Å². The Morgan fingerprint density at radius 3 is 2.55 bits per heavy atom. The van der Waals surface area contributed by atoms with Crippen LogP contribution in [0.15, 0.2) is 28.2 Å². The molecule has 0 atom stereocenters. The van der Waals surface area contributed by atoms with E-state index in [1.165, 1.54) is 0 Å². The van der Waals surface area contributed by atoms with E-state index in [1.54, 1.807) is 0 Å². The molecule has 7 nitrogen and oxygen atoms in total. The zero-order valence-corrected chi connectivity index (χ0v) is 11.7. The van der Waals surface area contributed by atoms with Crippen LogP contribution < -0.4 is 5.69 Å². The van der Waals surface area contributed by atoms with Gasteiger partial charge in [-0.25, -0.2) is 18.2 Å². The third-order valence-electron chi connectivity index (χ3n) is 3.05. The summed E-state index contributed by atoms with van der Waals surface area (Å²) < 4.78 is 63.4. The van der Waals surface area contributed by atoms with Crippen molar-refractivity contribution in [2.45, 2.75) is 11.1 Å². The summed E-state index contributed by atoms with van der Waals surface area (Å²) in [4.78, 5) is 16.8. The summed E-state index contributed by atoms with van der Waals surface area (Å²) in [6.45, 7) is 0. The van der Waals surface area contributed by atoms with Crippen LogP contribution in [-0.2, 0) is 16.0 Å². The van der Waals surface area contributed by atoms with Crippen LogP contribution in [0.5, 0.6) is 0 Å². The highest BCUT2D eigenvalue weighted by Crippen LogP contribution is 2.36. The quantitative estimate of drug-likeness (QED) is 0.717. The minimum Gasteiger partial charge on any atom is -0.305 e. The molecule has 3 rings (SSSR count). The molecule has 0 aliphatic rings. The van der Waals surface area contributed by atoms with Crippen molar-refractivity contribution in [1.82, 2.24) is 19.6 Å². The molecule has 2 aromatic heterocycles. The van der Waals surface area contributed by atoms with Gasteiger partial charge in [0.25, 0.3) is 0 Å². The maximum absolute atomic E-state index is 13.1. The van der Waals surface area contributed by atoms with Crippen LogP contribution >= 0.6 is 0 Å². The number of H-pyrrole nitrogens is 1. The highest BCUT2D eigenvalue weighted by atomic mass is 32.2. The molecule has 1 N–H and O–H groups in total. The fourth-order valence-corrected chi connectivity index (χ4v) is 3.04. The number of sulfone groups is 1. The molecule has 0 fully saturated rings. The standard InChI is InChI=1S/C11H7F3N4O3S/c1-22(20,21)8-3-7-5(2-6(8)11(12,13)14)9-15-4-16-18(9)10(19)17-7/h2-4H,1H3,(H,17,19). The molecule has 0 saturated heterocycles. The van der Waals surface area contributed by atoms with E-state index in [1.807, 2.05) is 0 Å². The van der Waals surface area contributed by atoms with E-state index in [9.17, 15) is 26.4 Å². The van der Waals surface area contributed by atoms with Gasteiger partial charge in [-0.1, -0.05) is 0 Å². The Morgan fingerprint density at radius 1 is 1.27 bits per heavy atom. The van der Waals surface area contributed by atoms with Crippen LogP contribution in [0.3, 0.4) is 0 Å². The molecule has 1 aromatic carbocycles. The van der Waals surface area contributed by atoms with Crippen molar-refractivity contribution in [2.75, 3.05) is 6.26 Å². The van der Waals surface area contributed by atoms with Gasteiger partial charge in [0.15, 0.2) is 15.5 Å². The number of hydrogen-bond acceptors (Lipinski definition) is 5. The van der Waals surface area contributed by atoms with Crippen molar-refractivity contribution in [1.29, 1.82) is 0 Å². The molecule has 0 spiro atoms. The van der Waals surface area contributed by atoms with E-state index in [-0.39, 0.29) is 16.6 Å². The summed E-state index contributed by atoms with van der Waals surface area (Å²) in [5.41, 5.74) is -2.22. The zero-order valence-electron chi connectivity index (χ0n) is 10.8. The van der Waals surface area contributed by atoms with Crippen molar-refractivity contribution >= 4 is 26.4 Å². The first-order valence-electron chi connectivity index (χ1n) is 5.76. The zero-order chi connectivity index (χ0) is 16.3. The molecule has 3 aromatic rings. The van der Waals surface area contributed by atoms with Crippen LogP contribution in [0, 0.1) is 0 Å². The maximum atomic E-state index is 13.1. The van der Waals surface area contributed by atoms with Gasteiger partial charge in [0.05, 0.1) is 16.0 Å². The van der Waals surface area contributed by atoms with E-state index in [2.05, 4.69) is 15.1 Å². The third kappa shape index (κ3) is 2.13. The van der Waals surface area contributed by atoms with Crippen LogP contribution in [-0.4, -0.2) is 34.3 Å². The number of nitrogens with one attached hydrogen (secondary N) is 1. The van der Waals surface area contributed by atoms with Gasteiger partial charge in [0.2, 0.25) is 0 Å². The van der Waals surface area contributed by atoms with Gasteiger partial charge in [-0.15, -0.1) is 0 Å². The number of fused-ring (bicyclic) bond motifs is 3. The lowest BCUT2D eigenvalue weighted by Crippen LogP contribution is -2.19. The monoisotopic (exact) mass is 332 g/mol. The third-order valence-corrected chi connectivity index (χ3v) is 4.18. The number of alkyl halides is 3. The second kappa shape index (κ2) is 4.29. The average molecular weight is 332 g/mol. The summed E-state index contributed by atoms with van der Waals surface area (Å²) in [7, 11) is -4.15. The molecular weight excluding hydrogens is 325 g/mol. The fourth-order valence-electron chi connectivity index (χ4n) is 2.14. The highest BCUT2D eigenvalue weighted by molar-refractivity contribution is 7.90. The Hall–Kier alpha value is -2.43. The summed E-state index contributed by atoms with van der Waals surface area (Å²) in [6.07, 6.45) is -3.20. The van der Waals surface area contributed by atoms with Crippen molar-refractivity contribution in [3.63, 3.8) is 0 Å². The Kier molecular flexibility index (Phi) is 2.83. The van der Waals surface area contributed by atoms with Crippen molar-refractivity contribution in [3.05, 3.63) is 34.5 Å². The SMILES string of the molecule is CS(=O)(=O)c1cc2[nH]c(=O)n3ncnc3c2cc1C(F)(F)F. The van der Waals surface area contributed by atoms with E-state index in [4.69, 9.17) is 0 Å². The van der Waals surface area contributed by atoms with Crippen LogP contribution in [0.4, 0.5) is 13.2 Å². The number of nitrogens with zero attached hydrogens (tertiary/aromatic N) is 3. The first kappa shape index (κ1) is 14.5. The number of halogens is 3. The smallest absolute Gasteiger partial charge is 0.305 e. The van der Waals surface area contributed by atoms with E-state index >= 15 is 0 Å². The van der Waals surface area contributed by atoms with Crippen molar-refractivity contribution < 1.29 is 21.6 Å². The normalized spacial score (nSPS) is 13.1. The van der Waals surface area contributed by atoms with Gasteiger partial charge in [-0.3, -0.25) is 0 Å². The van der Waals surface area contributed by atoms with Crippen LogP contribution in [0.1, 0.15) is 5.56 Å². The summed E-state index contributed by atoms with van der Waals surface area (Å²) in [6, 6.07) is 1.43. The molecule has 11 heteroatoms. The van der Waals surface area contributed by atoms with Gasteiger partial charge < -0.3 is 4.98 Å². The first-order chi connectivity index (χ1) is 10.1. The minimum absolute atomic E-state index is 0.0585. The van der Waals surface area contributed by atoms with Gasteiger partial charge in [0, 0.05) is 11.6 Å². The molecule has 0 radical (unpaired) electrons. The molecule has 22 heavy (non-hydrogen) atoms. The maximum Gasteiger partial charge on any atom is 0.417 e. The number of rotatable bonds is 1. The molecule has 0 bridgehead atoms. The number of aromatic nitrogens is 4. The second-order valence-corrected chi connectivity index (χ2v) is 6.57. The lowest BCUT2D eigenvalue weighted by Gasteiger charge is -2.13. The molecular formula is C11H7F3N4O3S. The minimum atomic E-state index is -4.88. The Morgan fingerprint density at radius 2 is 1.95 bits per heavy atom. The molecule has 116 valence electrons. The Bertz CT molecular complexity index is 1070. The van der Waals surface area contributed by atoms with Crippen molar-refractivity contribution in [2.24, 2.45) is 0 Å². The predicted molar refractivity (Wildman–Crippen MR) is 69.2 cm³/mol. The summed E-state index contributed by atoms with van der Waals surface area (Å²) in [5.74, 6) is 0. The second-order valence-electron chi connectivity index (χ2n) is 4.59. The number of hydrogen-bond donors (Lipinski definition) is 1. The van der Waals surface area contributed by atoms with Crippen LogP contribution in [0.2, 0.25) is 0 Å². The molecule has 0 aliphatic carbocycles. The molecule has 0 amide bonds. The largest absolute Gasteiger partial charge is 0.417 e. The van der Waals surface area contributed by atoms with E-state index < -0.39 is 32.2 Å². The first-order valence-corrected chi connectivity index (χ1v) is 7.65. The predicted octanol–water partition coefficient (Wildman–Crippen LogP) is 0.993. The lowest BCUT2D eigenvalue weighted by atomic mass is 10.1. The van der Waals surface area contributed by atoms with Crippen LogP contribution in [0.25, 0.3) is 16.6 Å². The van der Waals surface area contributed by atoms with Gasteiger partial charge >= 0.3 is 11.9 Å². The van der Waals surface area contributed by atoms with E-state index in [0.717, 1.165) is 16.9 Å². The summed E-state index contributed by atoms with van der Waals surface area (Å²) >= 11 is 0. The lowest BCUT2D eigenvalue weighted by molar-refractivity contribution is -0.139. The Labute approximate surface area is 120 Å². The molecule has 0 unspecified atom stereocenters. The molecule has 0 aliphatic heterocycles. The average Bonchev–Trinajstić information content (AvgIpc) is 2.85. The topological polar surface area (TPSA) is 97.2 Å². The fraction of sp³-hybridized carbons (Fsp3) is 0.182. The van der Waals surface area contributed by atoms with Gasteiger partial charge in [-0.05, 0) is 12.1 Å². The highest BCUT2D eigenvalue weighted by Gasteiger charge is 2.37. The number of benzene rings is 1. The van der Waals surface area contributed by atoms with Gasteiger partial charge in [0.1, 0.15) is 6.33 Å². The van der Waals surface area contributed by atoms with Gasteiger partial charge in [-0.2, -0.15) is 22.8 Å². The van der Waals surface area contributed by atoms with E-state index in [0.29, 0.717) is 12.3 Å². The Balaban J connectivity index is 2.57. The number of aromatic amines is 1. The molecule has 0 saturated carbocycles. The summed E-state index contributed by atoms with van der Waals surface area (Å²) in [5, 5.41) is 3.54. The molecule has 2 heterocycles.